The van der Waals surface area contributed by atoms with Gasteiger partial charge in [-0.15, -0.1) is 0 Å². The lowest BCUT2D eigenvalue weighted by molar-refractivity contribution is -0.167. The van der Waals surface area contributed by atoms with E-state index >= 15 is 0 Å². The summed E-state index contributed by atoms with van der Waals surface area (Å²) in [6, 6.07) is 0. The van der Waals surface area contributed by atoms with Crippen LogP contribution in [-0.4, -0.2) is 49.2 Å². The Kier molecular flexibility index (Phi) is 23.0. The van der Waals surface area contributed by atoms with Crippen LogP contribution in [0.2, 0.25) is 0 Å². The van der Waals surface area contributed by atoms with Gasteiger partial charge in [0, 0.05) is 13.2 Å². The van der Waals surface area contributed by atoms with Crippen LogP contribution in [-0.2, 0) is 14.2 Å². The topological polar surface area (TPSA) is 68.2 Å². The highest BCUT2D eigenvalue weighted by atomic mass is 16.7. The second kappa shape index (κ2) is 23.6. The Morgan fingerprint density at radius 1 is 0.621 bits per heavy atom. The molecule has 0 aromatic carbocycles. The molecule has 2 atom stereocenters. The van der Waals surface area contributed by atoms with Crippen molar-refractivity contribution < 1.29 is 24.4 Å². The molecule has 0 aliphatic rings. The lowest BCUT2D eigenvalue weighted by Gasteiger charge is -2.19. The van der Waals surface area contributed by atoms with Crippen molar-refractivity contribution in [1.82, 2.24) is 0 Å². The molecule has 0 aromatic rings. The Bertz CT molecular complexity index is 336. The van der Waals surface area contributed by atoms with Crippen LogP contribution in [0.15, 0.2) is 24.3 Å². The van der Waals surface area contributed by atoms with Crippen LogP contribution >= 0.6 is 0 Å². The number of aliphatic hydroxyl groups excluding tert-OH is 2. The van der Waals surface area contributed by atoms with Crippen molar-refractivity contribution in [2.24, 2.45) is 0 Å². The van der Waals surface area contributed by atoms with Crippen LogP contribution in [0.4, 0.5) is 0 Å². The Morgan fingerprint density at radius 3 is 1.41 bits per heavy atom. The first-order chi connectivity index (χ1) is 14.3. The molecule has 5 nitrogen and oxygen atoms in total. The van der Waals surface area contributed by atoms with E-state index in [-0.39, 0.29) is 39.0 Å². The second-order valence-corrected chi connectivity index (χ2v) is 7.42. The van der Waals surface area contributed by atoms with E-state index in [4.69, 9.17) is 24.4 Å². The van der Waals surface area contributed by atoms with Crippen LogP contribution < -0.4 is 0 Å². The Morgan fingerprint density at radius 2 is 1.03 bits per heavy atom. The third-order valence-electron chi connectivity index (χ3n) is 4.77. The summed E-state index contributed by atoms with van der Waals surface area (Å²) in [5, 5.41) is 17.6. The highest BCUT2D eigenvalue weighted by Gasteiger charge is 2.10. The molecule has 0 bridgehead atoms. The normalized spacial score (nSPS) is 14.2. The highest BCUT2D eigenvalue weighted by molar-refractivity contribution is 4.83. The first-order valence-electron chi connectivity index (χ1n) is 11.6. The molecule has 172 valence electrons. The zero-order chi connectivity index (χ0) is 21.4. The van der Waals surface area contributed by atoms with E-state index in [1.54, 1.807) is 0 Å². The molecule has 0 rings (SSSR count). The molecule has 0 spiro atoms. The molecule has 0 aliphatic carbocycles. The summed E-state index contributed by atoms with van der Waals surface area (Å²) in [7, 11) is 0. The van der Waals surface area contributed by atoms with Gasteiger partial charge in [-0.3, -0.25) is 0 Å². The molecule has 0 aliphatic heterocycles. The number of hydrogen-bond donors (Lipinski definition) is 2. The van der Waals surface area contributed by atoms with Gasteiger partial charge in [-0.05, 0) is 51.4 Å². The molecular weight excluding hydrogens is 368 g/mol. The minimum Gasteiger partial charge on any atom is -0.396 e. The van der Waals surface area contributed by atoms with E-state index in [1.165, 1.54) is 0 Å². The van der Waals surface area contributed by atoms with Gasteiger partial charge in [0.2, 0.25) is 0 Å². The van der Waals surface area contributed by atoms with Crippen molar-refractivity contribution in [3.05, 3.63) is 24.3 Å². The van der Waals surface area contributed by atoms with Gasteiger partial charge in [0.25, 0.3) is 0 Å². The van der Waals surface area contributed by atoms with Crippen LogP contribution in [0.25, 0.3) is 0 Å². The van der Waals surface area contributed by atoms with Crippen molar-refractivity contribution >= 4 is 0 Å². The average Bonchev–Trinajstić information content (AvgIpc) is 2.73. The first kappa shape index (κ1) is 28.3. The summed E-state index contributed by atoms with van der Waals surface area (Å²) >= 11 is 0. The molecule has 0 radical (unpaired) electrons. The number of aliphatic hydroxyl groups is 2. The van der Waals surface area contributed by atoms with E-state index in [9.17, 15) is 0 Å². The number of allylic oxidation sites excluding steroid dienone is 2. The Labute approximate surface area is 179 Å². The van der Waals surface area contributed by atoms with Gasteiger partial charge >= 0.3 is 0 Å². The lowest BCUT2D eigenvalue weighted by atomic mass is 10.1. The van der Waals surface area contributed by atoms with Gasteiger partial charge in [0.05, 0.1) is 12.2 Å². The zero-order valence-corrected chi connectivity index (χ0v) is 18.9. The highest BCUT2D eigenvalue weighted by Crippen LogP contribution is 2.14. The van der Waals surface area contributed by atoms with Crippen LogP contribution in [0.3, 0.4) is 0 Å². The smallest absolute Gasteiger partial charge is 0.149 e. The summed E-state index contributed by atoms with van der Waals surface area (Å²) < 4.78 is 17.4. The predicted molar refractivity (Wildman–Crippen MR) is 120 cm³/mol. The van der Waals surface area contributed by atoms with Crippen molar-refractivity contribution in [3.8, 4) is 0 Å². The molecule has 0 fully saturated rings. The van der Waals surface area contributed by atoms with Gasteiger partial charge in [0.15, 0.2) is 0 Å². The monoisotopic (exact) mass is 414 g/mol. The molecule has 0 amide bonds. The fourth-order valence-electron chi connectivity index (χ4n) is 2.99. The predicted octanol–water partition coefficient (Wildman–Crippen LogP) is 5.51. The third-order valence-corrected chi connectivity index (χ3v) is 4.77. The summed E-state index contributed by atoms with van der Waals surface area (Å²) in [5.41, 5.74) is 0. The van der Waals surface area contributed by atoms with Crippen LogP contribution in [0.1, 0.15) is 90.9 Å². The fourth-order valence-corrected chi connectivity index (χ4v) is 2.99. The molecule has 0 heterocycles. The van der Waals surface area contributed by atoms with Crippen molar-refractivity contribution in [1.29, 1.82) is 0 Å². The fraction of sp³-hybridized carbons (Fsp3) is 0.833. The summed E-state index contributed by atoms with van der Waals surface area (Å²) in [5.74, 6) is 0. The minimum absolute atomic E-state index is 0.207. The number of ether oxygens (including phenoxy) is 3. The van der Waals surface area contributed by atoms with Gasteiger partial charge in [-0.1, -0.05) is 63.8 Å². The second-order valence-electron chi connectivity index (χ2n) is 7.42. The summed E-state index contributed by atoms with van der Waals surface area (Å²) in [4.78, 5) is 0. The lowest BCUT2D eigenvalue weighted by Crippen LogP contribution is -2.19. The van der Waals surface area contributed by atoms with E-state index in [0.29, 0.717) is 0 Å². The molecule has 2 unspecified atom stereocenters. The van der Waals surface area contributed by atoms with Crippen LogP contribution in [0.5, 0.6) is 0 Å². The molecule has 0 saturated heterocycles. The van der Waals surface area contributed by atoms with Gasteiger partial charge in [0.1, 0.15) is 13.6 Å². The van der Waals surface area contributed by atoms with Gasteiger partial charge in [-0.2, -0.15) is 0 Å². The molecular formula is C24H46O5. The van der Waals surface area contributed by atoms with E-state index in [0.717, 1.165) is 77.0 Å². The zero-order valence-electron chi connectivity index (χ0n) is 18.9. The minimum atomic E-state index is 0.207. The van der Waals surface area contributed by atoms with Crippen LogP contribution in [0, 0.1) is 0 Å². The van der Waals surface area contributed by atoms with E-state index < -0.39 is 0 Å². The summed E-state index contributed by atoms with van der Waals surface area (Å²) in [6.45, 7) is 5.34. The first-order valence-corrected chi connectivity index (χ1v) is 11.6. The molecule has 2 N–H and O–H groups in total. The van der Waals surface area contributed by atoms with E-state index in [2.05, 4.69) is 26.0 Å². The molecule has 0 saturated carbocycles. The molecule has 0 aromatic heterocycles. The third kappa shape index (κ3) is 20.3. The van der Waals surface area contributed by atoms with Gasteiger partial charge in [-0.25, -0.2) is 0 Å². The maximum atomic E-state index is 8.81. The number of hydrogen-bond acceptors (Lipinski definition) is 5. The molecule has 5 heteroatoms. The Balaban J connectivity index is 4.06. The van der Waals surface area contributed by atoms with E-state index in [1.807, 2.05) is 12.2 Å². The largest absolute Gasteiger partial charge is 0.396 e. The standard InChI is InChI=1S/C24H46O5/c1-3-5-15-23(17-11-7-9-13-19-25)28-21-27-22-29-24(16-6-4-2)18-12-8-10-14-20-26/h7-10,23-26H,3-6,11-22H2,1-2H3. The number of unbranched alkanes of at least 4 members (excludes halogenated alkanes) is 2. The van der Waals surface area contributed by atoms with Gasteiger partial charge < -0.3 is 24.4 Å². The average molecular weight is 415 g/mol. The number of rotatable bonds is 22. The maximum Gasteiger partial charge on any atom is 0.149 e. The Hall–Kier alpha value is -0.720. The SMILES string of the molecule is CCCCC(CCC=CCCO)OCOCOC(CCC=CCCO)CCCC. The van der Waals surface area contributed by atoms with Crippen molar-refractivity contribution in [2.75, 3.05) is 26.8 Å². The maximum absolute atomic E-state index is 8.81. The van der Waals surface area contributed by atoms with Crippen molar-refractivity contribution in [2.45, 2.75) is 103 Å². The molecule has 29 heavy (non-hydrogen) atoms. The quantitative estimate of drug-likeness (QED) is 0.139. The van der Waals surface area contributed by atoms with Crippen molar-refractivity contribution in [3.63, 3.8) is 0 Å². The summed E-state index contributed by atoms with van der Waals surface area (Å²) in [6.07, 6.45) is 20.8.